The molecule has 0 spiro atoms. The number of carbonyl (C=O) groups is 1. The Balaban J connectivity index is 1.50. The van der Waals surface area contributed by atoms with Gasteiger partial charge in [0.25, 0.3) is 5.91 Å². The fourth-order valence-electron chi connectivity index (χ4n) is 4.06. The maximum absolute atomic E-state index is 13.5. The maximum atomic E-state index is 13.5. The summed E-state index contributed by atoms with van der Waals surface area (Å²) in [6.07, 6.45) is 1.09. The van der Waals surface area contributed by atoms with Gasteiger partial charge in [0, 0.05) is 45.8 Å². The van der Waals surface area contributed by atoms with Crippen LogP contribution in [0.5, 0.6) is 23.0 Å². The van der Waals surface area contributed by atoms with Crippen LogP contribution in [-0.4, -0.2) is 84.6 Å². The number of anilines is 1. The summed E-state index contributed by atoms with van der Waals surface area (Å²) in [5, 5.41) is 0. The summed E-state index contributed by atoms with van der Waals surface area (Å²) in [4.78, 5) is 17.5. The van der Waals surface area contributed by atoms with Crippen molar-refractivity contribution >= 4 is 21.6 Å². The Morgan fingerprint density at radius 2 is 1.65 bits per heavy atom. The van der Waals surface area contributed by atoms with Gasteiger partial charge in [0.2, 0.25) is 16.8 Å². The Kier molecular flexibility index (Phi) is 6.76. The van der Waals surface area contributed by atoms with Crippen LogP contribution in [0.15, 0.2) is 30.3 Å². The van der Waals surface area contributed by atoms with E-state index in [9.17, 15) is 13.2 Å². The molecule has 2 aromatic rings. The first-order valence-corrected chi connectivity index (χ1v) is 12.7. The minimum atomic E-state index is -3.60. The average molecular weight is 492 g/mol. The Morgan fingerprint density at radius 1 is 1.00 bits per heavy atom. The number of nitrogens with zero attached hydrogens (tertiary/aromatic N) is 3. The second-order valence-corrected chi connectivity index (χ2v) is 10.2. The van der Waals surface area contributed by atoms with Gasteiger partial charge in [-0.2, -0.15) is 0 Å². The predicted octanol–water partition coefficient (Wildman–Crippen LogP) is 1.79. The number of carbonyl (C=O) groups excluding carboxylic acids is 1. The molecule has 2 heterocycles. The third-order valence-electron chi connectivity index (χ3n) is 6.07. The zero-order chi connectivity index (χ0) is 24.5. The van der Waals surface area contributed by atoms with Crippen LogP contribution in [0.25, 0.3) is 0 Å². The van der Waals surface area contributed by atoms with E-state index in [0.717, 1.165) is 34.2 Å². The topological polar surface area (TPSA) is 97.9 Å². The van der Waals surface area contributed by atoms with Crippen molar-refractivity contribution < 1.29 is 32.2 Å². The minimum Gasteiger partial charge on any atom is -0.493 e. The number of rotatable bonds is 7. The lowest BCUT2D eigenvalue weighted by molar-refractivity contribution is 0.0629. The Morgan fingerprint density at radius 3 is 2.29 bits per heavy atom. The summed E-state index contributed by atoms with van der Waals surface area (Å²) in [6.45, 7) is 3.37. The van der Waals surface area contributed by atoms with Crippen LogP contribution in [0.4, 0.5) is 5.69 Å². The Bertz CT molecular complexity index is 1180. The molecule has 0 unspecified atom stereocenters. The molecule has 2 aliphatic heterocycles. The van der Waals surface area contributed by atoms with Crippen molar-refractivity contribution in [2.45, 2.75) is 6.54 Å². The highest BCUT2D eigenvalue weighted by atomic mass is 32.2. The number of hydrogen-bond donors (Lipinski definition) is 0. The minimum absolute atomic E-state index is 0.242. The number of methoxy groups -OCH3 is 2. The van der Waals surface area contributed by atoms with E-state index >= 15 is 0 Å². The number of hydrogen-bond acceptors (Lipinski definition) is 8. The zero-order valence-corrected chi connectivity index (χ0v) is 20.6. The normalized spacial score (nSPS) is 15.8. The highest BCUT2D eigenvalue weighted by molar-refractivity contribution is 7.92. The molecule has 11 heteroatoms. The van der Waals surface area contributed by atoms with Crippen LogP contribution in [-0.2, 0) is 16.6 Å². The van der Waals surface area contributed by atoms with Gasteiger partial charge in [0.15, 0.2) is 23.0 Å². The first-order valence-electron chi connectivity index (χ1n) is 10.8. The van der Waals surface area contributed by atoms with Crippen molar-refractivity contribution in [3.8, 4) is 23.0 Å². The SMILES string of the molecule is COc1cc(C(=O)N2CCN(Cc3ccc4c(c3)OCO4)CC2)c(N(C)S(C)(=O)=O)cc1OC. The van der Waals surface area contributed by atoms with Gasteiger partial charge in [-0.05, 0) is 23.8 Å². The van der Waals surface area contributed by atoms with E-state index in [2.05, 4.69) is 4.90 Å². The number of fused-ring (bicyclic) bond motifs is 1. The lowest BCUT2D eigenvalue weighted by Crippen LogP contribution is -2.48. The van der Waals surface area contributed by atoms with Crippen LogP contribution in [0.2, 0.25) is 0 Å². The molecule has 0 aromatic heterocycles. The smallest absolute Gasteiger partial charge is 0.256 e. The monoisotopic (exact) mass is 491 g/mol. The quantitative estimate of drug-likeness (QED) is 0.578. The molecule has 34 heavy (non-hydrogen) atoms. The van der Waals surface area contributed by atoms with E-state index in [1.807, 2.05) is 18.2 Å². The molecule has 1 saturated heterocycles. The summed E-state index contributed by atoms with van der Waals surface area (Å²) in [5.74, 6) is 1.96. The molecule has 10 nitrogen and oxygen atoms in total. The second-order valence-electron chi connectivity index (χ2n) is 8.21. The molecular formula is C23H29N3O7S. The third kappa shape index (κ3) is 4.85. The van der Waals surface area contributed by atoms with E-state index < -0.39 is 10.0 Å². The summed E-state index contributed by atoms with van der Waals surface area (Å²) < 4.78 is 47.0. The summed E-state index contributed by atoms with van der Waals surface area (Å²) in [6, 6.07) is 8.97. The van der Waals surface area contributed by atoms with Crippen molar-refractivity contribution in [1.82, 2.24) is 9.80 Å². The van der Waals surface area contributed by atoms with Crippen LogP contribution < -0.4 is 23.3 Å². The second kappa shape index (κ2) is 9.59. The molecule has 0 aliphatic carbocycles. The maximum Gasteiger partial charge on any atom is 0.256 e. The van der Waals surface area contributed by atoms with E-state index in [-0.39, 0.29) is 24.0 Å². The molecule has 0 saturated carbocycles. The molecule has 2 aliphatic rings. The van der Waals surface area contributed by atoms with Gasteiger partial charge in [0.05, 0.1) is 31.7 Å². The van der Waals surface area contributed by atoms with Gasteiger partial charge in [-0.3, -0.25) is 14.0 Å². The largest absolute Gasteiger partial charge is 0.493 e. The highest BCUT2D eigenvalue weighted by Crippen LogP contribution is 2.36. The summed E-state index contributed by atoms with van der Waals surface area (Å²) in [7, 11) is 0.752. The van der Waals surface area contributed by atoms with E-state index in [4.69, 9.17) is 18.9 Å². The van der Waals surface area contributed by atoms with Crippen LogP contribution in [0.3, 0.4) is 0 Å². The third-order valence-corrected chi connectivity index (χ3v) is 7.26. The average Bonchev–Trinajstić information content (AvgIpc) is 3.30. The molecule has 184 valence electrons. The van der Waals surface area contributed by atoms with Gasteiger partial charge in [-0.25, -0.2) is 8.42 Å². The molecule has 0 atom stereocenters. The lowest BCUT2D eigenvalue weighted by atomic mass is 10.1. The van der Waals surface area contributed by atoms with Gasteiger partial charge >= 0.3 is 0 Å². The summed E-state index contributed by atoms with van der Waals surface area (Å²) in [5.41, 5.74) is 1.60. The van der Waals surface area contributed by atoms with Crippen LogP contribution in [0.1, 0.15) is 15.9 Å². The fourth-order valence-corrected chi connectivity index (χ4v) is 4.56. The summed E-state index contributed by atoms with van der Waals surface area (Å²) >= 11 is 0. The van der Waals surface area contributed by atoms with Gasteiger partial charge in [-0.1, -0.05) is 6.07 Å². The molecule has 1 amide bonds. The Hall–Kier alpha value is -3.18. The number of benzene rings is 2. The number of piperazine rings is 1. The molecule has 0 bridgehead atoms. The number of ether oxygens (including phenoxy) is 4. The van der Waals surface area contributed by atoms with E-state index in [1.165, 1.54) is 33.4 Å². The van der Waals surface area contributed by atoms with Crippen molar-refractivity contribution in [2.75, 3.05) is 64.8 Å². The van der Waals surface area contributed by atoms with Crippen LogP contribution >= 0.6 is 0 Å². The van der Waals surface area contributed by atoms with E-state index in [0.29, 0.717) is 37.7 Å². The number of amides is 1. The molecule has 0 radical (unpaired) electrons. The zero-order valence-electron chi connectivity index (χ0n) is 19.7. The first kappa shape index (κ1) is 24.0. The highest BCUT2D eigenvalue weighted by Gasteiger charge is 2.29. The molecule has 2 aromatic carbocycles. The number of sulfonamides is 1. The molecule has 4 rings (SSSR count). The van der Waals surface area contributed by atoms with Crippen LogP contribution in [0, 0.1) is 0 Å². The molecular weight excluding hydrogens is 462 g/mol. The van der Waals surface area contributed by atoms with Crippen molar-refractivity contribution in [3.63, 3.8) is 0 Å². The fraction of sp³-hybridized carbons (Fsp3) is 0.435. The van der Waals surface area contributed by atoms with Gasteiger partial charge in [0.1, 0.15) is 0 Å². The first-order chi connectivity index (χ1) is 16.2. The van der Waals surface area contributed by atoms with Crippen molar-refractivity contribution in [2.24, 2.45) is 0 Å². The van der Waals surface area contributed by atoms with Gasteiger partial charge in [-0.15, -0.1) is 0 Å². The predicted molar refractivity (Wildman–Crippen MR) is 127 cm³/mol. The lowest BCUT2D eigenvalue weighted by Gasteiger charge is -2.35. The Labute approximate surface area is 199 Å². The molecule has 1 fully saturated rings. The van der Waals surface area contributed by atoms with E-state index in [1.54, 1.807) is 4.90 Å². The van der Waals surface area contributed by atoms with Crippen molar-refractivity contribution in [1.29, 1.82) is 0 Å². The molecule has 0 N–H and O–H groups in total. The van der Waals surface area contributed by atoms with Crippen molar-refractivity contribution in [3.05, 3.63) is 41.5 Å². The standard InChI is InChI=1S/C23H29N3O7S/c1-24(34(4,28)29)18-13-21(31-3)20(30-2)12-17(18)23(27)26-9-7-25(8-10-26)14-16-5-6-19-22(11-16)33-15-32-19/h5-6,11-13H,7-10,14-15H2,1-4H3. The van der Waals surface area contributed by atoms with Gasteiger partial charge < -0.3 is 23.8 Å².